The Balaban J connectivity index is 1.81. The van der Waals surface area contributed by atoms with Crippen LogP contribution in [0.3, 0.4) is 0 Å². The maximum Gasteiger partial charge on any atom is 0.299 e. The lowest BCUT2D eigenvalue weighted by Gasteiger charge is -2.09. The fourth-order valence-corrected chi connectivity index (χ4v) is 2.28. The summed E-state index contributed by atoms with van der Waals surface area (Å²) in [6, 6.07) is 14.3. The molecule has 0 aliphatic rings. The molecule has 0 atom stereocenters. The summed E-state index contributed by atoms with van der Waals surface area (Å²) >= 11 is 5.85. The first-order valence-electron chi connectivity index (χ1n) is 7.66. The minimum atomic E-state index is -0.471. The molecule has 132 valence electrons. The van der Waals surface area contributed by atoms with E-state index in [9.17, 15) is 4.79 Å². The molecule has 0 saturated carbocycles. The van der Waals surface area contributed by atoms with Gasteiger partial charge in [0.15, 0.2) is 5.69 Å². The third-order valence-corrected chi connectivity index (χ3v) is 3.82. The van der Waals surface area contributed by atoms with E-state index in [1.165, 1.54) is 0 Å². The van der Waals surface area contributed by atoms with Crippen molar-refractivity contribution in [1.82, 2.24) is 14.9 Å². The molecule has 0 spiro atoms. The van der Waals surface area contributed by atoms with Gasteiger partial charge in [0, 0.05) is 10.7 Å². The second-order valence-electron chi connectivity index (χ2n) is 5.32. The Morgan fingerprint density at radius 2 is 1.77 bits per heavy atom. The third kappa shape index (κ3) is 4.01. The molecule has 7 nitrogen and oxygen atoms in total. The van der Waals surface area contributed by atoms with Crippen molar-refractivity contribution < 1.29 is 4.74 Å². The number of methoxy groups -OCH3 is 1. The Bertz CT molecular complexity index is 982. The van der Waals surface area contributed by atoms with E-state index in [2.05, 4.69) is 15.5 Å². The molecule has 8 heteroatoms. The zero-order valence-corrected chi connectivity index (χ0v) is 14.6. The number of benzene rings is 2. The maximum atomic E-state index is 12.4. The summed E-state index contributed by atoms with van der Waals surface area (Å²) in [5.41, 5.74) is 1.23. The van der Waals surface area contributed by atoms with Gasteiger partial charge in [0.1, 0.15) is 5.75 Å². The van der Waals surface area contributed by atoms with Crippen LogP contribution in [0.1, 0.15) is 11.3 Å². The number of anilines is 2. The van der Waals surface area contributed by atoms with Crippen molar-refractivity contribution in [3.8, 4) is 5.75 Å². The van der Waals surface area contributed by atoms with Crippen molar-refractivity contribution >= 4 is 35.4 Å². The van der Waals surface area contributed by atoms with Crippen LogP contribution in [0.4, 0.5) is 11.6 Å². The third-order valence-electron chi connectivity index (χ3n) is 3.57. The summed E-state index contributed by atoms with van der Waals surface area (Å²) in [4.78, 5) is 12.4. The quantitative estimate of drug-likeness (QED) is 0.671. The molecule has 3 aromatic rings. The topological polar surface area (TPSA) is 95.1 Å². The smallest absolute Gasteiger partial charge is 0.299 e. The Hall–Kier alpha value is -3.32. The number of ether oxygens (including phenoxy) is 1. The van der Waals surface area contributed by atoms with Gasteiger partial charge in [-0.3, -0.25) is 4.79 Å². The number of nitrogen functional groups attached to an aromatic ring is 1. The van der Waals surface area contributed by atoms with Crippen molar-refractivity contribution in [3.63, 3.8) is 0 Å². The van der Waals surface area contributed by atoms with E-state index in [0.29, 0.717) is 10.7 Å². The van der Waals surface area contributed by atoms with Gasteiger partial charge in [0.2, 0.25) is 5.95 Å². The van der Waals surface area contributed by atoms with E-state index in [0.717, 1.165) is 16.0 Å². The van der Waals surface area contributed by atoms with Crippen LogP contribution in [0, 0.1) is 0 Å². The van der Waals surface area contributed by atoms with Crippen LogP contribution in [-0.2, 0) is 0 Å². The predicted octanol–water partition coefficient (Wildman–Crippen LogP) is 2.93. The average molecular weight is 370 g/mol. The molecule has 0 unspecified atom stereocenters. The summed E-state index contributed by atoms with van der Waals surface area (Å²) in [6.07, 6.45) is 3.29. The molecule has 0 radical (unpaired) electrons. The summed E-state index contributed by atoms with van der Waals surface area (Å²) in [5, 5.41) is 11.5. The number of nitrogens with one attached hydrogen (secondary N) is 1. The minimum absolute atomic E-state index is 0.128. The molecular weight excluding hydrogens is 354 g/mol. The SMILES string of the molecule is COc1ccc(Nc2nnc(/C=C/c3ccc(Cl)cc3)c(=O)n2N)cc1. The molecule has 0 fully saturated rings. The molecule has 3 rings (SSSR count). The molecule has 0 bridgehead atoms. The van der Waals surface area contributed by atoms with Gasteiger partial charge in [-0.2, -0.15) is 4.68 Å². The second kappa shape index (κ2) is 7.71. The van der Waals surface area contributed by atoms with Crippen molar-refractivity contribution in [3.05, 3.63) is 75.2 Å². The number of halogens is 1. The van der Waals surface area contributed by atoms with E-state index in [1.54, 1.807) is 55.7 Å². The average Bonchev–Trinajstić information content (AvgIpc) is 2.67. The Labute approximate surface area is 154 Å². The van der Waals surface area contributed by atoms with Crippen LogP contribution >= 0.6 is 11.6 Å². The van der Waals surface area contributed by atoms with Gasteiger partial charge >= 0.3 is 0 Å². The first-order chi connectivity index (χ1) is 12.6. The highest BCUT2D eigenvalue weighted by atomic mass is 35.5. The van der Waals surface area contributed by atoms with Crippen LogP contribution in [0.25, 0.3) is 12.2 Å². The summed E-state index contributed by atoms with van der Waals surface area (Å²) < 4.78 is 6.01. The Kier molecular flexibility index (Phi) is 5.19. The van der Waals surface area contributed by atoms with E-state index in [1.807, 2.05) is 12.1 Å². The number of nitrogens with zero attached hydrogens (tertiary/aromatic N) is 3. The van der Waals surface area contributed by atoms with E-state index in [4.69, 9.17) is 22.2 Å². The standard InChI is InChI=1S/C18H16ClN5O2/c1-26-15-9-7-14(8-10-15)21-18-23-22-16(17(25)24(18)20)11-4-12-2-5-13(19)6-3-12/h2-11H,20H2,1H3,(H,21,23)/b11-4+. The maximum absolute atomic E-state index is 12.4. The predicted molar refractivity (Wildman–Crippen MR) is 103 cm³/mol. The number of nitrogens with two attached hydrogens (primary N) is 1. The molecule has 1 aromatic heterocycles. The highest BCUT2D eigenvalue weighted by Crippen LogP contribution is 2.17. The minimum Gasteiger partial charge on any atom is -0.497 e. The molecule has 0 amide bonds. The Morgan fingerprint density at radius 3 is 2.42 bits per heavy atom. The van der Waals surface area contributed by atoms with Gasteiger partial charge in [-0.1, -0.05) is 29.8 Å². The molecule has 0 aliphatic carbocycles. The molecular formula is C18H16ClN5O2. The van der Waals surface area contributed by atoms with Crippen LogP contribution in [-0.4, -0.2) is 22.0 Å². The zero-order valence-electron chi connectivity index (χ0n) is 13.9. The monoisotopic (exact) mass is 369 g/mol. The molecule has 0 saturated heterocycles. The normalized spacial score (nSPS) is 10.8. The highest BCUT2D eigenvalue weighted by Gasteiger charge is 2.08. The lowest BCUT2D eigenvalue weighted by atomic mass is 10.2. The highest BCUT2D eigenvalue weighted by molar-refractivity contribution is 6.30. The number of aromatic nitrogens is 3. The number of rotatable bonds is 5. The molecule has 3 N–H and O–H groups in total. The van der Waals surface area contributed by atoms with Gasteiger partial charge < -0.3 is 15.9 Å². The largest absolute Gasteiger partial charge is 0.497 e. The van der Waals surface area contributed by atoms with Crippen molar-refractivity contribution in [1.29, 1.82) is 0 Å². The van der Waals surface area contributed by atoms with Gasteiger partial charge in [-0.15, -0.1) is 10.2 Å². The second-order valence-corrected chi connectivity index (χ2v) is 5.76. The van der Waals surface area contributed by atoms with Crippen molar-refractivity contribution in [2.45, 2.75) is 0 Å². The van der Waals surface area contributed by atoms with Gasteiger partial charge in [-0.05, 0) is 48.0 Å². The summed E-state index contributed by atoms with van der Waals surface area (Å²) in [7, 11) is 1.59. The first-order valence-corrected chi connectivity index (χ1v) is 8.04. The van der Waals surface area contributed by atoms with E-state index < -0.39 is 5.56 Å². The summed E-state index contributed by atoms with van der Waals surface area (Å²) in [6.45, 7) is 0. The van der Waals surface area contributed by atoms with Gasteiger partial charge in [0.05, 0.1) is 7.11 Å². The van der Waals surface area contributed by atoms with Crippen molar-refractivity contribution in [2.75, 3.05) is 18.3 Å². The van der Waals surface area contributed by atoms with Gasteiger partial charge in [0.25, 0.3) is 5.56 Å². The zero-order chi connectivity index (χ0) is 18.5. The molecule has 2 aromatic carbocycles. The summed E-state index contributed by atoms with van der Waals surface area (Å²) in [5.74, 6) is 6.68. The van der Waals surface area contributed by atoms with Crippen LogP contribution < -0.4 is 21.5 Å². The van der Waals surface area contributed by atoms with Gasteiger partial charge in [-0.25, -0.2) is 0 Å². The Morgan fingerprint density at radius 1 is 1.08 bits per heavy atom. The fourth-order valence-electron chi connectivity index (χ4n) is 2.15. The van der Waals surface area contributed by atoms with Crippen molar-refractivity contribution in [2.24, 2.45) is 0 Å². The van der Waals surface area contributed by atoms with E-state index in [-0.39, 0.29) is 11.6 Å². The molecule has 0 aliphatic heterocycles. The van der Waals surface area contributed by atoms with E-state index >= 15 is 0 Å². The van der Waals surface area contributed by atoms with Crippen LogP contribution in [0.5, 0.6) is 5.75 Å². The lowest BCUT2D eigenvalue weighted by molar-refractivity contribution is 0.415. The first kappa shape index (κ1) is 17.5. The molecule has 1 heterocycles. The number of hydrogen-bond acceptors (Lipinski definition) is 6. The van der Waals surface area contributed by atoms with Crippen LogP contribution in [0.15, 0.2) is 53.3 Å². The van der Waals surface area contributed by atoms with Crippen LogP contribution in [0.2, 0.25) is 5.02 Å². The number of hydrogen-bond donors (Lipinski definition) is 2. The lowest BCUT2D eigenvalue weighted by Crippen LogP contribution is -2.32. The fraction of sp³-hybridized carbons (Fsp3) is 0.0556. The molecule has 26 heavy (non-hydrogen) atoms.